The molecule has 2 rings (SSSR count). The summed E-state index contributed by atoms with van der Waals surface area (Å²) < 4.78 is 26.9. The SMILES string of the molecule is NC(N)=NS(=O)(=O)c1ccc(NC(=S)NC(=O)C=Cc2ccccc2)cc1. The highest BCUT2D eigenvalue weighted by atomic mass is 32.2. The second-order valence-electron chi connectivity index (χ2n) is 5.20. The fourth-order valence-corrected chi connectivity index (χ4v) is 3.04. The molecule has 1 amide bonds. The first-order chi connectivity index (χ1) is 12.8. The summed E-state index contributed by atoms with van der Waals surface area (Å²) in [5, 5.41) is 5.33. The van der Waals surface area contributed by atoms with Gasteiger partial charge in [-0.3, -0.25) is 10.1 Å². The van der Waals surface area contributed by atoms with Crippen molar-refractivity contribution in [2.45, 2.75) is 4.90 Å². The Morgan fingerprint density at radius 2 is 1.67 bits per heavy atom. The van der Waals surface area contributed by atoms with E-state index in [-0.39, 0.29) is 10.0 Å². The molecule has 8 nitrogen and oxygen atoms in total. The quantitative estimate of drug-likeness (QED) is 0.254. The van der Waals surface area contributed by atoms with Crippen molar-refractivity contribution in [3.63, 3.8) is 0 Å². The van der Waals surface area contributed by atoms with E-state index in [2.05, 4.69) is 15.0 Å². The lowest BCUT2D eigenvalue weighted by Gasteiger charge is -2.08. The van der Waals surface area contributed by atoms with Gasteiger partial charge in [0, 0.05) is 11.8 Å². The fraction of sp³-hybridized carbons (Fsp3) is 0. The Balaban J connectivity index is 1.95. The number of hydrogen-bond acceptors (Lipinski definition) is 4. The maximum absolute atomic E-state index is 11.9. The highest BCUT2D eigenvalue weighted by molar-refractivity contribution is 7.90. The van der Waals surface area contributed by atoms with E-state index < -0.39 is 21.9 Å². The van der Waals surface area contributed by atoms with Crippen molar-refractivity contribution in [1.82, 2.24) is 5.32 Å². The van der Waals surface area contributed by atoms with E-state index in [1.807, 2.05) is 30.3 Å². The summed E-state index contributed by atoms with van der Waals surface area (Å²) in [4.78, 5) is 11.8. The first kappa shape index (κ1) is 20.1. The predicted molar refractivity (Wildman–Crippen MR) is 109 cm³/mol. The van der Waals surface area contributed by atoms with Gasteiger partial charge in [0.2, 0.25) is 11.9 Å². The normalized spacial score (nSPS) is 11.0. The number of thiocarbonyl (C=S) groups is 1. The molecule has 10 heteroatoms. The van der Waals surface area contributed by atoms with Crippen LogP contribution in [0.25, 0.3) is 6.08 Å². The van der Waals surface area contributed by atoms with Gasteiger partial charge >= 0.3 is 0 Å². The lowest BCUT2D eigenvalue weighted by molar-refractivity contribution is -0.115. The molecule has 2 aromatic carbocycles. The van der Waals surface area contributed by atoms with Gasteiger partial charge in [-0.05, 0) is 48.1 Å². The highest BCUT2D eigenvalue weighted by Crippen LogP contribution is 2.16. The molecule has 0 aliphatic heterocycles. The summed E-state index contributed by atoms with van der Waals surface area (Å²) in [6, 6.07) is 14.9. The smallest absolute Gasteiger partial charge is 0.285 e. The number of hydrogen-bond donors (Lipinski definition) is 4. The number of amides is 1. The van der Waals surface area contributed by atoms with E-state index in [0.717, 1.165) is 5.56 Å². The largest absolute Gasteiger partial charge is 0.369 e. The molecule has 6 N–H and O–H groups in total. The lowest BCUT2D eigenvalue weighted by Crippen LogP contribution is -2.32. The molecular weight excluding hydrogens is 386 g/mol. The number of nitrogens with one attached hydrogen (secondary N) is 2. The number of carbonyl (C=O) groups excluding carboxylic acids is 1. The van der Waals surface area contributed by atoms with E-state index in [1.165, 1.54) is 30.3 Å². The van der Waals surface area contributed by atoms with Gasteiger partial charge in [0.25, 0.3) is 10.0 Å². The summed E-state index contributed by atoms with van der Waals surface area (Å²) in [6.45, 7) is 0. The molecule has 0 fully saturated rings. The lowest BCUT2D eigenvalue weighted by atomic mass is 10.2. The number of nitrogens with zero attached hydrogens (tertiary/aromatic N) is 1. The molecule has 0 radical (unpaired) electrons. The van der Waals surface area contributed by atoms with E-state index in [1.54, 1.807) is 6.08 Å². The maximum Gasteiger partial charge on any atom is 0.285 e. The predicted octanol–water partition coefficient (Wildman–Crippen LogP) is 1.18. The molecule has 0 unspecified atom stereocenters. The van der Waals surface area contributed by atoms with E-state index in [9.17, 15) is 13.2 Å². The van der Waals surface area contributed by atoms with Crippen LogP contribution in [0.5, 0.6) is 0 Å². The van der Waals surface area contributed by atoms with Gasteiger partial charge in [0.05, 0.1) is 4.90 Å². The van der Waals surface area contributed by atoms with Gasteiger partial charge < -0.3 is 16.8 Å². The van der Waals surface area contributed by atoms with Crippen LogP contribution in [-0.4, -0.2) is 25.4 Å². The number of carbonyl (C=O) groups is 1. The average Bonchev–Trinajstić information content (AvgIpc) is 2.60. The number of nitrogens with two attached hydrogens (primary N) is 2. The van der Waals surface area contributed by atoms with Crippen LogP contribution in [0, 0.1) is 0 Å². The van der Waals surface area contributed by atoms with Crippen LogP contribution in [0.1, 0.15) is 5.56 Å². The molecular formula is C17H17N5O3S2. The van der Waals surface area contributed by atoms with Gasteiger partial charge in [-0.15, -0.1) is 4.40 Å². The van der Waals surface area contributed by atoms with Crippen LogP contribution < -0.4 is 22.1 Å². The van der Waals surface area contributed by atoms with Crippen molar-refractivity contribution in [1.29, 1.82) is 0 Å². The number of benzene rings is 2. The van der Waals surface area contributed by atoms with Crippen molar-refractivity contribution in [2.75, 3.05) is 5.32 Å². The first-order valence-corrected chi connectivity index (χ1v) is 9.42. The molecule has 0 bridgehead atoms. The number of sulfonamides is 1. The molecule has 0 atom stereocenters. The summed E-state index contributed by atoms with van der Waals surface area (Å²) >= 11 is 5.06. The number of rotatable bonds is 5. The van der Waals surface area contributed by atoms with Crippen LogP contribution in [0.2, 0.25) is 0 Å². The summed E-state index contributed by atoms with van der Waals surface area (Å²) in [5.41, 5.74) is 11.5. The molecule has 0 saturated heterocycles. The molecule has 0 spiro atoms. The molecule has 0 aromatic heterocycles. The van der Waals surface area contributed by atoms with Crippen molar-refractivity contribution >= 4 is 51.0 Å². The third kappa shape index (κ3) is 6.53. The van der Waals surface area contributed by atoms with Crippen LogP contribution >= 0.6 is 12.2 Å². The van der Waals surface area contributed by atoms with E-state index in [4.69, 9.17) is 23.7 Å². The van der Waals surface area contributed by atoms with E-state index in [0.29, 0.717) is 5.69 Å². The second kappa shape index (κ2) is 8.92. The number of guanidine groups is 1. The fourth-order valence-electron chi connectivity index (χ4n) is 1.95. The van der Waals surface area contributed by atoms with Gasteiger partial charge in [-0.1, -0.05) is 30.3 Å². The van der Waals surface area contributed by atoms with Crippen molar-refractivity contribution in [3.05, 3.63) is 66.2 Å². The van der Waals surface area contributed by atoms with Crippen LogP contribution in [0.3, 0.4) is 0 Å². The molecule has 140 valence electrons. The molecule has 0 aliphatic carbocycles. The molecule has 0 saturated carbocycles. The minimum Gasteiger partial charge on any atom is -0.369 e. The molecule has 27 heavy (non-hydrogen) atoms. The molecule has 0 aliphatic rings. The first-order valence-electron chi connectivity index (χ1n) is 7.57. The third-order valence-corrected chi connectivity index (χ3v) is 4.62. The molecule has 2 aromatic rings. The average molecular weight is 403 g/mol. The van der Waals surface area contributed by atoms with Crippen LogP contribution in [-0.2, 0) is 14.8 Å². The Morgan fingerprint density at radius 3 is 2.26 bits per heavy atom. The van der Waals surface area contributed by atoms with Crippen LogP contribution in [0.15, 0.2) is 70.0 Å². The zero-order valence-electron chi connectivity index (χ0n) is 14.0. The topological polar surface area (TPSA) is 140 Å². The van der Waals surface area contributed by atoms with E-state index >= 15 is 0 Å². The minimum absolute atomic E-state index is 0.0672. The molecule has 0 heterocycles. The monoisotopic (exact) mass is 403 g/mol. The van der Waals surface area contributed by atoms with Crippen LogP contribution in [0.4, 0.5) is 5.69 Å². The maximum atomic E-state index is 11.9. The Kier molecular flexibility index (Phi) is 6.63. The van der Waals surface area contributed by atoms with Crippen molar-refractivity contribution in [2.24, 2.45) is 15.9 Å². The van der Waals surface area contributed by atoms with Crippen molar-refractivity contribution < 1.29 is 13.2 Å². The second-order valence-corrected chi connectivity index (χ2v) is 7.22. The summed E-state index contributed by atoms with van der Waals surface area (Å²) in [6.07, 6.45) is 3.01. The Hall–Kier alpha value is -3.24. The van der Waals surface area contributed by atoms with Gasteiger partial charge in [-0.25, -0.2) is 0 Å². The van der Waals surface area contributed by atoms with Gasteiger partial charge in [-0.2, -0.15) is 8.42 Å². The van der Waals surface area contributed by atoms with Gasteiger partial charge in [0.1, 0.15) is 0 Å². The standard InChI is InChI=1S/C17H17N5O3S2/c18-16(19)22-27(24,25)14-9-7-13(8-10-14)20-17(26)21-15(23)11-6-12-4-2-1-3-5-12/h1-11H,(H4,18,19,22)(H2,20,21,23,26). The Labute approximate surface area is 162 Å². The Bertz CT molecular complexity index is 981. The highest BCUT2D eigenvalue weighted by Gasteiger charge is 2.13. The summed E-state index contributed by atoms with van der Waals surface area (Å²) in [7, 11) is -3.96. The minimum atomic E-state index is -3.96. The number of anilines is 1. The van der Waals surface area contributed by atoms with Crippen molar-refractivity contribution in [3.8, 4) is 0 Å². The zero-order chi connectivity index (χ0) is 19.9. The Morgan fingerprint density at radius 1 is 1.04 bits per heavy atom. The van der Waals surface area contributed by atoms with Gasteiger partial charge in [0.15, 0.2) is 5.11 Å². The summed E-state index contributed by atoms with van der Waals surface area (Å²) in [5.74, 6) is -0.951. The third-order valence-electron chi connectivity index (χ3n) is 3.10. The zero-order valence-corrected chi connectivity index (χ0v) is 15.6.